The van der Waals surface area contributed by atoms with Gasteiger partial charge in [0.25, 0.3) is 0 Å². The third-order valence-corrected chi connectivity index (χ3v) is 5.38. The summed E-state index contributed by atoms with van der Waals surface area (Å²) in [7, 11) is 0. The average Bonchev–Trinajstić information content (AvgIpc) is 2.76. The van der Waals surface area contributed by atoms with Gasteiger partial charge in [-0.25, -0.2) is 4.98 Å². The number of nitrogens with zero attached hydrogens (tertiary/aromatic N) is 3. The van der Waals surface area contributed by atoms with Crippen LogP contribution in [0.1, 0.15) is 44.9 Å². The van der Waals surface area contributed by atoms with Crippen molar-refractivity contribution < 1.29 is 0 Å². The monoisotopic (exact) mass is 427 g/mol. The second kappa shape index (κ2) is 9.69. The summed E-state index contributed by atoms with van der Waals surface area (Å²) < 4.78 is 0. The van der Waals surface area contributed by atoms with Gasteiger partial charge in [-0.1, -0.05) is 70.3 Å². The molecule has 0 radical (unpaired) electrons. The number of hydrogen-bond acceptors (Lipinski definition) is 5. The van der Waals surface area contributed by atoms with E-state index in [1.165, 1.54) is 5.56 Å². The summed E-state index contributed by atoms with van der Waals surface area (Å²) in [6.07, 6.45) is 5.25. The lowest BCUT2D eigenvalue weighted by Gasteiger charge is -2.26. The lowest BCUT2D eigenvalue weighted by molar-refractivity contribution is 0.510. The number of benzene rings is 2. The molecule has 1 aromatic heterocycles. The molecule has 0 aliphatic rings. The number of anilines is 4. The molecular weight excluding hydrogens is 394 g/mol. The molecular formula is C27H33N5. The third kappa shape index (κ3) is 5.55. The molecule has 0 aliphatic carbocycles. The Bertz CT molecular complexity index is 1080. The second-order valence-corrected chi connectivity index (χ2v) is 8.95. The Morgan fingerprint density at radius 1 is 1.09 bits per heavy atom. The number of hydrogen-bond donors (Lipinski definition) is 2. The van der Waals surface area contributed by atoms with E-state index in [0.717, 1.165) is 22.6 Å². The average molecular weight is 428 g/mol. The van der Waals surface area contributed by atoms with Crippen LogP contribution in [0, 0.1) is 12.3 Å². The van der Waals surface area contributed by atoms with Crippen molar-refractivity contribution in [3.63, 3.8) is 0 Å². The third-order valence-electron chi connectivity index (χ3n) is 5.38. The number of aryl methyl sites for hydroxylation is 1. The first-order chi connectivity index (χ1) is 15.2. The SMILES string of the molecule is C=CN(c1cncc(NC(C)c2ccccc2)n1)c1cc(NC(=C)C(C)(C)C)ccc1C. The van der Waals surface area contributed by atoms with E-state index in [1.807, 2.05) is 23.1 Å². The summed E-state index contributed by atoms with van der Waals surface area (Å²) in [4.78, 5) is 11.2. The van der Waals surface area contributed by atoms with E-state index in [0.29, 0.717) is 11.6 Å². The largest absolute Gasteiger partial charge is 0.362 e. The van der Waals surface area contributed by atoms with Crippen molar-refractivity contribution in [2.24, 2.45) is 5.41 Å². The van der Waals surface area contributed by atoms with Gasteiger partial charge < -0.3 is 15.5 Å². The summed E-state index contributed by atoms with van der Waals surface area (Å²) in [6.45, 7) is 18.8. The molecule has 2 aromatic carbocycles. The smallest absolute Gasteiger partial charge is 0.158 e. The van der Waals surface area contributed by atoms with E-state index >= 15 is 0 Å². The molecule has 0 aliphatic heterocycles. The summed E-state index contributed by atoms with van der Waals surface area (Å²) in [5.74, 6) is 1.40. The van der Waals surface area contributed by atoms with Crippen LogP contribution in [-0.2, 0) is 0 Å². The van der Waals surface area contributed by atoms with Crippen LogP contribution in [0.15, 0.2) is 86.0 Å². The van der Waals surface area contributed by atoms with Crippen LogP contribution in [0.4, 0.5) is 23.0 Å². The van der Waals surface area contributed by atoms with Crippen LogP contribution in [0.3, 0.4) is 0 Å². The molecule has 3 aromatic rings. The van der Waals surface area contributed by atoms with Crippen LogP contribution in [-0.4, -0.2) is 9.97 Å². The van der Waals surface area contributed by atoms with Crippen molar-refractivity contribution in [1.29, 1.82) is 0 Å². The van der Waals surface area contributed by atoms with Crippen LogP contribution in [0.25, 0.3) is 0 Å². The van der Waals surface area contributed by atoms with Gasteiger partial charge >= 0.3 is 0 Å². The Morgan fingerprint density at radius 2 is 1.81 bits per heavy atom. The van der Waals surface area contributed by atoms with Crippen LogP contribution >= 0.6 is 0 Å². The highest BCUT2D eigenvalue weighted by Gasteiger charge is 2.17. The van der Waals surface area contributed by atoms with E-state index in [2.05, 4.69) is 93.7 Å². The van der Waals surface area contributed by atoms with E-state index < -0.39 is 0 Å². The maximum atomic E-state index is 4.80. The van der Waals surface area contributed by atoms with Crippen molar-refractivity contribution in [3.05, 3.63) is 97.1 Å². The zero-order chi connectivity index (χ0) is 23.3. The summed E-state index contributed by atoms with van der Waals surface area (Å²) in [6, 6.07) is 16.6. The topological polar surface area (TPSA) is 53.1 Å². The van der Waals surface area contributed by atoms with Gasteiger partial charge in [0.15, 0.2) is 5.82 Å². The molecule has 5 nitrogen and oxygen atoms in total. The van der Waals surface area contributed by atoms with Gasteiger partial charge in [0, 0.05) is 29.0 Å². The van der Waals surface area contributed by atoms with Gasteiger partial charge in [-0.15, -0.1) is 0 Å². The second-order valence-electron chi connectivity index (χ2n) is 8.95. The van der Waals surface area contributed by atoms with Crippen molar-refractivity contribution in [1.82, 2.24) is 9.97 Å². The number of rotatable bonds is 8. The number of nitrogens with one attached hydrogen (secondary N) is 2. The standard InChI is InChI=1S/C27H33N5/c1-8-32(24-16-23(15-14-19(24)2)30-21(4)27(5,6)7)26-18-28-17-25(31-26)29-20(3)22-12-10-9-11-13-22/h8-18,20,30H,1,4H2,2-3,5-7H3,(H,29,31). The molecule has 1 unspecified atom stereocenters. The van der Waals surface area contributed by atoms with E-state index in [4.69, 9.17) is 4.98 Å². The molecule has 0 bridgehead atoms. The van der Waals surface area contributed by atoms with Gasteiger partial charge in [-0.05, 0) is 37.1 Å². The predicted octanol–water partition coefficient (Wildman–Crippen LogP) is 7.21. The Kier molecular flexibility index (Phi) is 6.98. The molecule has 0 spiro atoms. The van der Waals surface area contributed by atoms with Gasteiger partial charge in [-0.2, -0.15) is 0 Å². The van der Waals surface area contributed by atoms with E-state index in [-0.39, 0.29) is 11.5 Å². The molecule has 0 saturated carbocycles. The van der Waals surface area contributed by atoms with Crippen molar-refractivity contribution in [2.75, 3.05) is 15.5 Å². The first-order valence-electron chi connectivity index (χ1n) is 10.8. The highest BCUT2D eigenvalue weighted by Crippen LogP contribution is 2.32. The molecule has 0 amide bonds. The zero-order valence-electron chi connectivity index (χ0n) is 19.7. The zero-order valence-corrected chi connectivity index (χ0v) is 19.7. The highest BCUT2D eigenvalue weighted by atomic mass is 15.2. The summed E-state index contributed by atoms with van der Waals surface area (Å²) >= 11 is 0. The van der Waals surface area contributed by atoms with Crippen molar-refractivity contribution >= 4 is 23.0 Å². The van der Waals surface area contributed by atoms with E-state index in [1.54, 1.807) is 18.6 Å². The molecule has 3 rings (SSSR count). The first-order valence-corrected chi connectivity index (χ1v) is 10.8. The molecule has 32 heavy (non-hydrogen) atoms. The fourth-order valence-corrected chi connectivity index (χ4v) is 3.21. The highest BCUT2D eigenvalue weighted by molar-refractivity contribution is 5.71. The summed E-state index contributed by atoms with van der Waals surface area (Å²) in [5, 5.41) is 6.87. The lowest BCUT2D eigenvalue weighted by atomic mass is 9.93. The maximum Gasteiger partial charge on any atom is 0.158 e. The minimum atomic E-state index is -0.0376. The van der Waals surface area contributed by atoms with Gasteiger partial charge in [0.05, 0.1) is 18.1 Å². The predicted molar refractivity (Wildman–Crippen MR) is 136 cm³/mol. The first kappa shape index (κ1) is 23.1. The minimum Gasteiger partial charge on any atom is -0.362 e. The number of allylic oxidation sites excluding steroid dienone is 1. The molecule has 0 saturated heterocycles. The van der Waals surface area contributed by atoms with Gasteiger partial charge in [-0.3, -0.25) is 4.98 Å². The normalized spacial score (nSPS) is 12.0. The maximum absolute atomic E-state index is 4.80. The van der Waals surface area contributed by atoms with E-state index in [9.17, 15) is 0 Å². The molecule has 1 atom stereocenters. The Balaban J connectivity index is 1.87. The fourth-order valence-electron chi connectivity index (χ4n) is 3.21. The Morgan fingerprint density at radius 3 is 2.47 bits per heavy atom. The molecule has 2 N–H and O–H groups in total. The lowest BCUT2D eigenvalue weighted by Crippen LogP contribution is -2.17. The molecule has 5 heteroatoms. The minimum absolute atomic E-state index is 0.0376. The number of aromatic nitrogens is 2. The Labute approximate surface area is 191 Å². The van der Waals surface area contributed by atoms with Crippen LogP contribution in [0.5, 0.6) is 0 Å². The van der Waals surface area contributed by atoms with Crippen LogP contribution in [0.2, 0.25) is 0 Å². The summed E-state index contributed by atoms with van der Waals surface area (Å²) in [5.41, 5.74) is 5.16. The van der Waals surface area contributed by atoms with Crippen molar-refractivity contribution in [3.8, 4) is 0 Å². The molecule has 1 heterocycles. The fraction of sp³-hybridized carbons (Fsp3) is 0.259. The molecule has 166 valence electrons. The Hall–Kier alpha value is -3.60. The van der Waals surface area contributed by atoms with Gasteiger partial charge in [0.2, 0.25) is 0 Å². The van der Waals surface area contributed by atoms with Crippen LogP contribution < -0.4 is 15.5 Å². The van der Waals surface area contributed by atoms with Gasteiger partial charge in [0.1, 0.15) is 5.82 Å². The van der Waals surface area contributed by atoms with Crippen molar-refractivity contribution in [2.45, 2.75) is 40.7 Å². The quantitative estimate of drug-likeness (QED) is 0.398. The molecule has 0 fully saturated rings.